The first-order valence-corrected chi connectivity index (χ1v) is 6.33. The summed E-state index contributed by atoms with van der Waals surface area (Å²) in [6.07, 6.45) is 4.98. The molecule has 8 nitrogen and oxygen atoms in total. The molecule has 0 unspecified atom stereocenters. The molecule has 0 aromatic heterocycles. The van der Waals surface area contributed by atoms with Gasteiger partial charge in [0.05, 0.1) is 9.85 Å². The number of rotatable bonds is 4. The summed E-state index contributed by atoms with van der Waals surface area (Å²) in [6, 6.07) is 3.92. The molecule has 1 fully saturated rings. The van der Waals surface area contributed by atoms with Gasteiger partial charge in [-0.1, -0.05) is 12.5 Å². The van der Waals surface area contributed by atoms with Crippen LogP contribution in [0, 0.1) is 20.2 Å². The van der Waals surface area contributed by atoms with Gasteiger partial charge in [-0.3, -0.25) is 25.7 Å². The third kappa shape index (κ3) is 3.08. The van der Waals surface area contributed by atoms with Crippen molar-refractivity contribution in [2.24, 2.45) is 5.10 Å². The van der Waals surface area contributed by atoms with Crippen molar-refractivity contribution in [2.45, 2.75) is 32.1 Å². The Balaban J connectivity index is 2.29. The number of para-hydroxylation sites is 1. The van der Waals surface area contributed by atoms with Crippen molar-refractivity contribution >= 4 is 22.8 Å². The standard InChI is InChI=1S/C12H14N4O4/c17-15(18)11-8-4-7-10(12(11)16(19)20)14-13-9-5-2-1-3-6-9/h4,7-8,14H,1-3,5-6H2. The highest BCUT2D eigenvalue weighted by molar-refractivity contribution is 5.86. The van der Waals surface area contributed by atoms with Gasteiger partial charge < -0.3 is 0 Å². The van der Waals surface area contributed by atoms with Gasteiger partial charge in [0.25, 0.3) is 0 Å². The monoisotopic (exact) mass is 278 g/mol. The molecule has 0 atom stereocenters. The van der Waals surface area contributed by atoms with E-state index in [1.807, 2.05) is 0 Å². The van der Waals surface area contributed by atoms with E-state index in [2.05, 4.69) is 10.5 Å². The van der Waals surface area contributed by atoms with Gasteiger partial charge in [-0.05, 0) is 31.7 Å². The van der Waals surface area contributed by atoms with Crippen LogP contribution in [0.5, 0.6) is 0 Å². The summed E-state index contributed by atoms with van der Waals surface area (Å²) in [6.45, 7) is 0. The molecular formula is C12H14N4O4. The lowest BCUT2D eigenvalue weighted by atomic mass is 9.99. The van der Waals surface area contributed by atoms with E-state index >= 15 is 0 Å². The quantitative estimate of drug-likeness (QED) is 0.671. The van der Waals surface area contributed by atoms with Gasteiger partial charge in [0.2, 0.25) is 0 Å². The highest BCUT2D eigenvalue weighted by atomic mass is 16.6. The second-order valence-corrected chi connectivity index (χ2v) is 4.54. The van der Waals surface area contributed by atoms with Gasteiger partial charge in [-0.2, -0.15) is 5.10 Å². The van der Waals surface area contributed by atoms with Gasteiger partial charge in [0, 0.05) is 11.8 Å². The fraction of sp³-hybridized carbons (Fsp3) is 0.417. The summed E-state index contributed by atoms with van der Waals surface area (Å²) in [7, 11) is 0. The maximum Gasteiger partial charge on any atom is 0.370 e. The Morgan fingerprint density at radius 2 is 1.75 bits per heavy atom. The van der Waals surface area contributed by atoms with Crippen molar-refractivity contribution in [1.29, 1.82) is 0 Å². The Hall–Kier alpha value is -2.51. The molecular weight excluding hydrogens is 264 g/mol. The van der Waals surface area contributed by atoms with Crippen LogP contribution in [0.3, 0.4) is 0 Å². The van der Waals surface area contributed by atoms with Crippen LogP contribution in [0.1, 0.15) is 32.1 Å². The lowest BCUT2D eigenvalue weighted by molar-refractivity contribution is -0.421. The number of hydrazone groups is 1. The van der Waals surface area contributed by atoms with Crippen LogP contribution in [0.4, 0.5) is 17.1 Å². The average molecular weight is 278 g/mol. The maximum absolute atomic E-state index is 11.0. The summed E-state index contributed by atoms with van der Waals surface area (Å²) in [5.74, 6) is 0. The van der Waals surface area contributed by atoms with E-state index in [9.17, 15) is 20.2 Å². The second kappa shape index (κ2) is 6.09. The van der Waals surface area contributed by atoms with Crippen LogP contribution < -0.4 is 5.43 Å². The molecule has 0 saturated heterocycles. The average Bonchev–Trinajstić information content (AvgIpc) is 2.45. The zero-order chi connectivity index (χ0) is 14.5. The summed E-state index contributed by atoms with van der Waals surface area (Å²) in [5.41, 5.74) is 2.49. The molecule has 0 amide bonds. The largest absolute Gasteiger partial charge is 0.370 e. The second-order valence-electron chi connectivity index (χ2n) is 4.54. The number of nitrogens with zero attached hydrogens (tertiary/aromatic N) is 3. The van der Waals surface area contributed by atoms with Crippen molar-refractivity contribution in [3.05, 3.63) is 38.4 Å². The van der Waals surface area contributed by atoms with Crippen LogP contribution >= 0.6 is 0 Å². The first-order valence-electron chi connectivity index (χ1n) is 6.33. The Morgan fingerprint density at radius 3 is 2.35 bits per heavy atom. The molecule has 1 saturated carbocycles. The Kier molecular flexibility index (Phi) is 4.24. The van der Waals surface area contributed by atoms with Crippen LogP contribution in [0.15, 0.2) is 23.3 Å². The number of anilines is 1. The minimum atomic E-state index is -0.767. The first-order chi connectivity index (χ1) is 9.59. The van der Waals surface area contributed by atoms with Crippen molar-refractivity contribution in [1.82, 2.24) is 0 Å². The summed E-state index contributed by atoms with van der Waals surface area (Å²) in [5, 5.41) is 26.0. The van der Waals surface area contributed by atoms with Gasteiger partial charge in [-0.25, -0.2) is 0 Å². The summed E-state index contributed by atoms with van der Waals surface area (Å²) in [4.78, 5) is 20.3. The number of benzene rings is 1. The number of hydrogen-bond acceptors (Lipinski definition) is 6. The van der Waals surface area contributed by atoms with E-state index in [0.717, 1.165) is 43.9 Å². The molecule has 0 aliphatic heterocycles. The minimum Gasteiger partial charge on any atom is -0.272 e. The zero-order valence-electron chi connectivity index (χ0n) is 10.7. The van der Waals surface area contributed by atoms with Crippen molar-refractivity contribution in [2.75, 3.05) is 5.43 Å². The molecule has 8 heteroatoms. The van der Waals surface area contributed by atoms with E-state index < -0.39 is 21.2 Å². The predicted octanol–water partition coefficient (Wildman–Crippen LogP) is 3.24. The summed E-state index contributed by atoms with van der Waals surface area (Å²) < 4.78 is 0. The molecule has 1 N–H and O–H groups in total. The predicted molar refractivity (Wildman–Crippen MR) is 73.9 cm³/mol. The summed E-state index contributed by atoms with van der Waals surface area (Å²) >= 11 is 0. The molecule has 0 radical (unpaired) electrons. The lowest BCUT2D eigenvalue weighted by Crippen LogP contribution is -2.08. The first kappa shape index (κ1) is 13.9. The molecule has 0 spiro atoms. The van der Waals surface area contributed by atoms with E-state index in [1.54, 1.807) is 0 Å². The smallest absolute Gasteiger partial charge is 0.272 e. The number of nitrogens with one attached hydrogen (secondary N) is 1. The topological polar surface area (TPSA) is 111 Å². The van der Waals surface area contributed by atoms with Gasteiger partial charge in [-0.15, -0.1) is 0 Å². The molecule has 1 aliphatic rings. The van der Waals surface area contributed by atoms with Crippen LogP contribution in [0.2, 0.25) is 0 Å². The number of hydrogen-bond donors (Lipinski definition) is 1. The molecule has 1 aromatic rings. The fourth-order valence-electron chi connectivity index (χ4n) is 2.17. The number of nitro benzene ring substituents is 2. The highest BCUT2D eigenvalue weighted by Gasteiger charge is 2.28. The van der Waals surface area contributed by atoms with Gasteiger partial charge >= 0.3 is 11.4 Å². The molecule has 106 valence electrons. The van der Waals surface area contributed by atoms with Crippen molar-refractivity contribution < 1.29 is 9.85 Å². The third-order valence-corrected chi connectivity index (χ3v) is 3.16. The molecule has 0 bridgehead atoms. The van der Waals surface area contributed by atoms with Crippen LogP contribution in [-0.2, 0) is 0 Å². The van der Waals surface area contributed by atoms with E-state index in [1.165, 1.54) is 12.1 Å². The normalized spacial score (nSPS) is 14.7. The van der Waals surface area contributed by atoms with E-state index in [-0.39, 0.29) is 5.69 Å². The molecule has 20 heavy (non-hydrogen) atoms. The van der Waals surface area contributed by atoms with Crippen molar-refractivity contribution in [3.63, 3.8) is 0 Å². The molecule has 1 aliphatic carbocycles. The van der Waals surface area contributed by atoms with Gasteiger partial charge in [0.1, 0.15) is 5.69 Å². The zero-order valence-corrected chi connectivity index (χ0v) is 10.7. The van der Waals surface area contributed by atoms with E-state index in [4.69, 9.17) is 0 Å². The van der Waals surface area contributed by atoms with Crippen molar-refractivity contribution in [3.8, 4) is 0 Å². The number of nitro groups is 2. The SMILES string of the molecule is O=[N+]([O-])c1cccc(NN=C2CCCCC2)c1[N+](=O)[O-]. The minimum absolute atomic E-state index is 0.0438. The Morgan fingerprint density at radius 1 is 1.05 bits per heavy atom. The Bertz CT molecular complexity index is 563. The molecule has 1 aromatic carbocycles. The maximum atomic E-state index is 11.0. The fourth-order valence-corrected chi connectivity index (χ4v) is 2.17. The molecule has 2 rings (SSSR count). The lowest BCUT2D eigenvalue weighted by Gasteiger charge is -2.12. The van der Waals surface area contributed by atoms with E-state index in [0.29, 0.717) is 0 Å². The highest BCUT2D eigenvalue weighted by Crippen LogP contribution is 2.34. The van der Waals surface area contributed by atoms with Gasteiger partial charge in [0.15, 0.2) is 0 Å². The third-order valence-electron chi connectivity index (χ3n) is 3.16. The Labute approximate surface area is 114 Å². The van der Waals surface area contributed by atoms with Crippen LogP contribution in [0.25, 0.3) is 0 Å². The van der Waals surface area contributed by atoms with Crippen LogP contribution in [-0.4, -0.2) is 15.6 Å². The molecule has 0 heterocycles.